The summed E-state index contributed by atoms with van der Waals surface area (Å²) in [6, 6.07) is 10.1. The van der Waals surface area contributed by atoms with Crippen LogP contribution in [-0.4, -0.2) is 31.7 Å². The third-order valence-corrected chi connectivity index (χ3v) is 7.35. The van der Waals surface area contributed by atoms with E-state index in [-0.39, 0.29) is 21.5 Å². The lowest BCUT2D eigenvalue weighted by Gasteiger charge is -2.19. The first-order valence-electron chi connectivity index (χ1n) is 9.38. The molecule has 2 aromatic rings. The summed E-state index contributed by atoms with van der Waals surface area (Å²) in [5.41, 5.74) is 3.42. The Morgan fingerprint density at radius 2 is 1.79 bits per heavy atom. The minimum absolute atomic E-state index is 0.100. The van der Waals surface area contributed by atoms with Crippen molar-refractivity contribution in [2.24, 2.45) is 0 Å². The highest BCUT2D eigenvalue weighted by molar-refractivity contribution is 7.89. The maximum Gasteiger partial charge on any atom is 0.253 e. The van der Waals surface area contributed by atoms with Crippen LogP contribution in [0.5, 0.6) is 0 Å². The lowest BCUT2D eigenvalue weighted by Crippen LogP contribution is -2.29. The van der Waals surface area contributed by atoms with Gasteiger partial charge in [0.05, 0.1) is 21.5 Å². The summed E-state index contributed by atoms with van der Waals surface area (Å²) in [5, 5.41) is 3.16. The van der Waals surface area contributed by atoms with Crippen LogP contribution in [0.3, 0.4) is 0 Å². The number of hydrogen-bond donors (Lipinski definition) is 1. The fraction of sp³-hybridized carbons (Fsp3) is 0.381. The molecule has 1 aliphatic heterocycles. The van der Waals surface area contributed by atoms with Gasteiger partial charge in [-0.15, -0.1) is 0 Å². The molecule has 1 aliphatic rings. The predicted octanol–water partition coefficient (Wildman–Crippen LogP) is 4.23. The van der Waals surface area contributed by atoms with E-state index >= 15 is 0 Å². The second kappa shape index (κ2) is 8.23. The van der Waals surface area contributed by atoms with Gasteiger partial charge >= 0.3 is 0 Å². The van der Waals surface area contributed by atoms with Crippen molar-refractivity contribution in [3.63, 3.8) is 0 Å². The Kier molecular flexibility index (Phi) is 6.12. The van der Waals surface area contributed by atoms with Crippen LogP contribution >= 0.6 is 11.6 Å². The molecule has 1 atom stereocenters. The molecule has 1 fully saturated rings. The van der Waals surface area contributed by atoms with Gasteiger partial charge in [0, 0.05) is 13.1 Å². The quantitative estimate of drug-likeness (QED) is 0.786. The van der Waals surface area contributed by atoms with Gasteiger partial charge in [-0.05, 0) is 62.9 Å². The average Bonchev–Trinajstić information content (AvgIpc) is 3.17. The van der Waals surface area contributed by atoms with E-state index in [1.54, 1.807) is 0 Å². The Morgan fingerprint density at radius 1 is 1.11 bits per heavy atom. The average molecular weight is 421 g/mol. The molecular weight excluding hydrogens is 396 g/mol. The third kappa shape index (κ3) is 4.24. The SMILES string of the molecule is Cc1ccc([C@@H](C)NC(=O)c2cc(S(=O)(=O)N3CCCC3)ccc2Cl)c(C)c1. The first-order chi connectivity index (χ1) is 13.2. The summed E-state index contributed by atoms with van der Waals surface area (Å²) in [6.07, 6.45) is 1.71. The maximum atomic E-state index is 12.8. The number of benzene rings is 2. The summed E-state index contributed by atoms with van der Waals surface area (Å²) >= 11 is 6.21. The van der Waals surface area contributed by atoms with Crippen molar-refractivity contribution < 1.29 is 13.2 Å². The lowest BCUT2D eigenvalue weighted by molar-refractivity contribution is 0.0939. The molecule has 7 heteroatoms. The summed E-state index contributed by atoms with van der Waals surface area (Å²) in [4.78, 5) is 12.9. The molecule has 2 aromatic carbocycles. The van der Waals surface area contributed by atoms with Crippen molar-refractivity contribution in [3.8, 4) is 0 Å². The Hall–Kier alpha value is -1.89. The van der Waals surface area contributed by atoms with Crippen LogP contribution in [-0.2, 0) is 10.0 Å². The number of carbonyl (C=O) groups excluding carboxylic acids is 1. The molecule has 1 N–H and O–H groups in total. The zero-order chi connectivity index (χ0) is 20.5. The number of rotatable bonds is 5. The van der Waals surface area contributed by atoms with Crippen molar-refractivity contribution in [1.82, 2.24) is 9.62 Å². The number of nitrogens with zero attached hydrogens (tertiary/aromatic N) is 1. The summed E-state index contributed by atoms with van der Waals surface area (Å²) in [7, 11) is -3.61. The van der Waals surface area contributed by atoms with Gasteiger partial charge < -0.3 is 5.32 Å². The molecule has 3 rings (SSSR count). The number of carbonyl (C=O) groups is 1. The van der Waals surface area contributed by atoms with Gasteiger partial charge in [-0.3, -0.25) is 4.79 Å². The minimum atomic E-state index is -3.61. The van der Waals surface area contributed by atoms with E-state index in [1.165, 1.54) is 22.5 Å². The second-order valence-electron chi connectivity index (χ2n) is 7.31. The second-order valence-corrected chi connectivity index (χ2v) is 9.65. The van der Waals surface area contributed by atoms with E-state index in [0.717, 1.165) is 29.5 Å². The first kappa shape index (κ1) is 20.8. The smallest absolute Gasteiger partial charge is 0.253 e. The van der Waals surface area contributed by atoms with E-state index in [9.17, 15) is 13.2 Å². The van der Waals surface area contributed by atoms with Gasteiger partial charge in [0.15, 0.2) is 0 Å². The number of nitrogens with one attached hydrogen (secondary N) is 1. The number of hydrogen-bond acceptors (Lipinski definition) is 3. The van der Waals surface area contributed by atoms with E-state index < -0.39 is 15.9 Å². The fourth-order valence-electron chi connectivity index (χ4n) is 3.58. The van der Waals surface area contributed by atoms with Crippen molar-refractivity contribution >= 4 is 27.5 Å². The molecule has 0 spiro atoms. The van der Waals surface area contributed by atoms with Crippen LogP contribution in [0.4, 0.5) is 0 Å². The zero-order valence-electron chi connectivity index (χ0n) is 16.3. The topological polar surface area (TPSA) is 66.5 Å². The molecule has 5 nitrogen and oxygen atoms in total. The predicted molar refractivity (Wildman–Crippen MR) is 111 cm³/mol. The number of aryl methyl sites for hydroxylation is 2. The largest absolute Gasteiger partial charge is 0.345 e. The number of sulfonamides is 1. The molecule has 0 aromatic heterocycles. The van der Waals surface area contributed by atoms with Crippen LogP contribution in [0.2, 0.25) is 5.02 Å². The van der Waals surface area contributed by atoms with Gasteiger partial charge in [-0.1, -0.05) is 35.4 Å². The standard InChI is InChI=1S/C21H25ClN2O3S/c1-14-6-8-18(15(2)12-14)16(3)23-21(25)19-13-17(7-9-20(19)22)28(26,27)24-10-4-5-11-24/h6-9,12-13,16H,4-5,10-11H2,1-3H3,(H,23,25)/t16-/m1/s1. The molecule has 0 radical (unpaired) electrons. The van der Waals surface area contributed by atoms with Crippen LogP contribution in [0.25, 0.3) is 0 Å². The van der Waals surface area contributed by atoms with Gasteiger partial charge in [0.1, 0.15) is 0 Å². The van der Waals surface area contributed by atoms with Gasteiger partial charge in [-0.25, -0.2) is 8.42 Å². The Balaban J connectivity index is 1.85. The monoisotopic (exact) mass is 420 g/mol. The Labute approximate surface area is 171 Å². The van der Waals surface area contributed by atoms with E-state index in [2.05, 4.69) is 11.4 Å². The molecule has 1 saturated heterocycles. The molecule has 0 unspecified atom stereocenters. The summed E-state index contributed by atoms with van der Waals surface area (Å²) < 4.78 is 27.0. The van der Waals surface area contributed by atoms with Crippen LogP contribution in [0, 0.1) is 13.8 Å². The van der Waals surface area contributed by atoms with Crippen molar-refractivity contribution in [2.75, 3.05) is 13.1 Å². The van der Waals surface area contributed by atoms with Gasteiger partial charge in [0.2, 0.25) is 10.0 Å². The van der Waals surface area contributed by atoms with E-state index in [4.69, 9.17) is 11.6 Å². The van der Waals surface area contributed by atoms with E-state index in [1.807, 2.05) is 32.9 Å². The zero-order valence-corrected chi connectivity index (χ0v) is 17.9. The van der Waals surface area contributed by atoms with Crippen LogP contribution in [0.1, 0.15) is 52.9 Å². The van der Waals surface area contributed by atoms with Crippen LogP contribution < -0.4 is 5.32 Å². The van der Waals surface area contributed by atoms with Crippen molar-refractivity contribution in [1.29, 1.82) is 0 Å². The first-order valence-corrected chi connectivity index (χ1v) is 11.2. The maximum absolute atomic E-state index is 12.8. The molecular formula is C21H25ClN2O3S. The highest BCUT2D eigenvalue weighted by Crippen LogP contribution is 2.26. The Morgan fingerprint density at radius 3 is 2.43 bits per heavy atom. The number of amides is 1. The molecule has 28 heavy (non-hydrogen) atoms. The normalized spacial score (nSPS) is 16.1. The van der Waals surface area contributed by atoms with Crippen LogP contribution in [0.15, 0.2) is 41.3 Å². The highest BCUT2D eigenvalue weighted by Gasteiger charge is 2.28. The third-order valence-electron chi connectivity index (χ3n) is 5.12. The molecule has 150 valence electrons. The summed E-state index contributed by atoms with van der Waals surface area (Å²) in [5.74, 6) is -0.393. The van der Waals surface area contributed by atoms with Crippen molar-refractivity contribution in [2.45, 2.75) is 44.6 Å². The highest BCUT2D eigenvalue weighted by atomic mass is 35.5. The minimum Gasteiger partial charge on any atom is -0.345 e. The van der Waals surface area contributed by atoms with E-state index in [0.29, 0.717) is 13.1 Å². The lowest BCUT2D eigenvalue weighted by atomic mass is 10.00. The molecule has 1 heterocycles. The Bertz CT molecular complexity index is 999. The molecule has 0 saturated carbocycles. The molecule has 0 bridgehead atoms. The fourth-order valence-corrected chi connectivity index (χ4v) is 5.33. The van der Waals surface area contributed by atoms with Gasteiger partial charge in [0.25, 0.3) is 5.91 Å². The molecule has 1 amide bonds. The van der Waals surface area contributed by atoms with Gasteiger partial charge in [-0.2, -0.15) is 4.31 Å². The molecule has 0 aliphatic carbocycles. The van der Waals surface area contributed by atoms with Crippen molar-refractivity contribution in [3.05, 3.63) is 63.7 Å². The summed E-state index contributed by atoms with van der Waals surface area (Å²) in [6.45, 7) is 6.94. The number of halogens is 1.